The van der Waals surface area contributed by atoms with Crippen LogP contribution in [0.5, 0.6) is 0 Å². The van der Waals surface area contributed by atoms with Gasteiger partial charge < -0.3 is 5.32 Å². The first-order valence-corrected chi connectivity index (χ1v) is 8.31. The van der Waals surface area contributed by atoms with E-state index in [4.69, 9.17) is 0 Å². The van der Waals surface area contributed by atoms with Crippen molar-refractivity contribution in [2.75, 3.05) is 12.3 Å². The minimum atomic E-state index is -3.13. The molecule has 0 spiro atoms. The molecule has 1 aliphatic rings. The van der Waals surface area contributed by atoms with Crippen LogP contribution in [0, 0.1) is 0 Å². The fourth-order valence-corrected chi connectivity index (χ4v) is 3.34. The Kier molecular flexibility index (Phi) is 5.41. The first-order valence-electron chi connectivity index (χ1n) is 6.66. The van der Waals surface area contributed by atoms with E-state index in [9.17, 15) is 8.42 Å². The second-order valence-electron chi connectivity index (χ2n) is 5.27. The van der Waals surface area contributed by atoms with Crippen molar-refractivity contribution in [3.63, 3.8) is 0 Å². The van der Waals surface area contributed by atoms with Gasteiger partial charge in [-0.3, -0.25) is 0 Å². The highest BCUT2D eigenvalue weighted by Gasteiger charge is 2.26. The minimum Gasteiger partial charge on any atom is -0.314 e. The van der Waals surface area contributed by atoms with Crippen LogP contribution in [0.1, 0.15) is 52.9 Å². The Hall–Kier alpha value is -0.130. The SMILES string of the molecule is CCC(C)(CC)NS(=O)(=O)CCCNC1CC1. The van der Waals surface area contributed by atoms with Crippen LogP contribution in [-0.4, -0.2) is 32.3 Å². The Balaban J connectivity index is 2.28. The predicted octanol–water partition coefficient (Wildman–Crippen LogP) is 1.63. The summed E-state index contributed by atoms with van der Waals surface area (Å²) in [4.78, 5) is 0. The lowest BCUT2D eigenvalue weighted by molar-refractivity contribution is 0.388. The summed E-state index contributed by atoms with van der Waals surface area (Å²) in [5.74, 6) is 0.225. The molecule has 0 bridgehead atoms. The molecular weight excluding hydrogens is 236 g/mol. The summed E-state index contributed by atoms with van der Waals surface area (Å²) in [7, 11) is -3.13. The highest BCUT2D eigenvalue weighted by atomic mass is 32.2. The number of hydrogen-bond acceptors (Lipinski definition) is 3. The second-order valence-corrected chi connectivity index (χ2v) is 7.11. The molecule has 0 heterocycles. The zero-order valence-electron chi connectivity index (χ0n) is 11.3. The Bertz CT molecular complexity index is 319. The van der Waals surface area contributed by atoms with Crippen molar-refractivity contribution in [1.29, 1.82) is 0 Å². The summed E-state index contributed by atoms with van der Waals surface area (Å²) >= 11 is 0. The monoisotopic (exact) mass is 262 g/mol. The lowest BCUT2D eigenvalue weighted by Gasteiger charge is -2.27. The van der Waals surface area contributed by atoms with Crippen LogP contribution in [0.4, 0.5) is 0 Å². The summed E-state index contributed by atoms with van der Waals surface area (Å²) < 4.78 is 26.6. The third kappa shape index (κ3) is 5.84. The average molecular weight is 262 g/mol. The maximum Gasteiger partial charge on any atom is 0.212 e. The molecule has 5 heteroatoms. The topological polar surface area (TPSA) is 58.2 Å². The van der Waals surface area contributed by atoms with Crippen molar-refractivity contribution in [2.45, 2.75) is 64.5 Å². The second kappa shape index (κ2) is 6.16. The van der Waals surface area contributed by atoms with Gasteiger partial charge in [0, 0.05) is 11.6 Å². The summed E-state index contributed by atoms with van der Waals surface area (Å²) in [5.41, 5.74) is -0.289. The normalized spacial score (nSPS) is 17.4. The Labute approximate surface area is 106 Å². The van der Waals surface area contributed by atoms with Gasteiger partial charge in [0.05, 0.1) is 5.75 Å². The molecule has 0 aromatic heterocycles. The van der Waals surface area contributed by atoms with E-state index in [0.717, 1.165) is 19.4 Å². The average Bonchev–Trinajstić information content (AvgIpc) is 3.07. The Morgan fingerprint density at radius 3 is 2.29 bits per heavy atom. The van der Waals surface area contributed by atoms with Crippen molar-refractivity contribution < 1.29 is 8.42 Å². The number of hydrogen-bond donors (Lipinski definition) is 2. The lowest BCUT2D eigenvalue weighted by Crippen LogP contribution is -2.46. The summed E-state index contributed by atoms with van der Waals surface area (Å²) in [6.07, 6.45) is 4.82. The van der Waals surface area contributed by atoms with Crippen molar-refractivity contribution in [3.05, 3.63) is 0 Å². The smallest absolute Gasteiger partial charge is 0.212 e. The van der Waals surface area contributed by atoms with Crippen molar-refractivity contribution in [1.82, 2.24) is 10.0 Å². The van der Waals surface area contributed by atoms with Gasteiger partial charge in [-0.1, -0.05) is 13.8 Å². The van der Waals surface area contributed by atoms with Gasteiger partial charge in [-0.2, -0.15) is 0 Å². The third-order valence-corrected chi connectivity index (χ3v) is 5.19. The highest BCUT2D eigenvalue weighted by Crippen LogP contribution is 2.18. The van der Waals surface area contributed by atoms with Crippen LogP contribution in [-0.2, 0) is 10.0 Å². The molecule has 0 aromatic rings. The van der Waals surface area contributed by atoms with Gasteiger partial charge in [0.25, 0.3) is 0 Å². The quantitative estimate of drug-likeness (QED) is 0.621. The number of nitrogens with one attached hydrogen (secondary N) is 2. The van der Waals surface area contributed by atoms with Gasteiger partial charge in [-0.05, 0) is 45.6 Å². The van der Waals surface area contributed by atoms with Crippen LogP contribution in [0.25, 0.3) is 0 Å². The molecule has 17 heavy (non-hydrogen) atoms. The molecule has 2 N–H and O–H groups in total. The first-order chi connectivity index (χ1) is 7.91. The van der Waals surface area contributed by atoms with E-state index in [2.05, 4.69) is 10.0 Å². The maximum atomic E-state index is 11.9. The van der Waals surface area contributed by atoms with Gasteiger partial charge in [0.15, 0.2) is 0 Å². The maximum absolute atomic E-state index is 11.9. The fourth-order valence-electron chi connectivity index (χ4n) is 1.68. The highest BCUT2D eigenvalue weighted by molar-refractivity contribution is 7.89. The largest absolute Gasteiger partial charge is 0.314 e. The molecule has 0 atom stereocenters. The molecule has 1 fully saturated rings. The first kappa shape index (κ1) is 14.9. The van der Waals surface area contributed by atoms with Crippen LogP contribution >= 0.6 is 0 Å². The summed E-state index contributed by atoms with van der Waals surface area (Å²) in [6.45, 7) is 6.80. The molecule has 0 radical (unpaired) electrons. The zero-order chi connectivity index (χ0) is 12.9. The van der Waals surface area contributed by atoms with Gasteiger partial charge >= 0.3 is 0 Å². The van der Waals surface area contributed by atoms with Gasteiger partial charge in [0.2, 0.25) is 10.0 Å². The molecule has 0 aromatic carbocycles. The standard InChI is InChI=1S/C12H26N2O2S/c1-4-12(3,5-2)14-17(15,16)10-6-9-13-11-7-8-11/h11,13-14H,4-10H2,1-3H3. The molecule has 1 rings (SSSR count). The lowest BCUT2D eigenvalue weighted by atomic mass is 9.98. The van der Waals surface area contributed by atoms with Crippen LogP contribution in [0.15, 0.2) is 0 Å². The van der Waals surface area contributed by atoms with Crippen molar-refractivity contribution >= 4 is 10.0 Å². The minimum absolute atomic E-state index is 0.225. The van der Waals surface area contributed by atoms with Crippen molar-refractivity contribution in [2.24, 2.45) is 0 Å². The van der Waals surface area contributed by atoms with E-state index in [1.165, 1.54) is 12.8 Å². The predicted molar refractivity (Wildman–Crippen MR) is 71.6 cm³/mol. The Morgan fingerprint density at radius 2 is 1.82 bits per heavy atom. The van der Waals surface area contributed by atoms with E-state index >= 15 is 0 Å². The molecule has 0 aliphatic heterocycles. The molecule has 0 amide bonds. The zero-order valence-corrected chi connectivity index (χ0v) is 12.1. The van der Waals surface area contributed by atoms with E-state index in [1.807, 2.05) is 20.8 Å². The summed E-state index contributed by atoms with van der Waals surface area (Å²) in [5, 5.41) is 3.33. The number of rotatable bonds is 9. The molecule has 0 saturated heterocycles. The fraction of sp³-hybridized carbons (Fsp3) is 1.00. The number of sulfonamides is 1. The molecule has 1 saturated carbocycles. The van der Waals surface area contributed by atoms with E-state index in [0.29, 0.717) is 12.5 Å². The van der Waals surface area contributed by atoms with Gasteiger partial charge in [-0.25, -0.2) is 13.1 Å². The summed E-state index contributed by atoms with van der Waals surface area (Å²) in [6, 6.07) is 0.655. The van der Waals surface area contributed by atoms with Crippen LogP contribution in [0.3, 0.4) is 0 Å². The van der Waals surface area contributed by atoms with Crippen LogP contribution < -0.4 is 10.0 Å². The van der Waals surface area contributed by atoms with Gasteiger partial charge in [-0.15, -0.1) is 0 Å². The molecule has 102 valence electrons. The van der Waals surface area contributed by atoms with E-state index < -0.39 is 10.0 Å². The molecule has 0 unspecified atom stereocenters. The van der Waals surface area contributed by atoms with Crippen molar-refractivity contribution in [3.8, 4) is 0 Å². The Morgan fingerprint density at radius 1 is 1.24 bits per heavy atom. The van der Waals surface area contributed by atoms with E-state index in [1.54, 1.807) is 0 Å². The van der Waals surface area contributed by atoms with Crippen LogP contribution in [0.2, 0.25) is 0 Å². The molecule has 1 aliphatic carbocycles. The van der Waals surface area contributed by atoms with E-state index in [-0.39, 0.29) is 11.3 Å². The molecule has 4 nitrogen and oxygen atoms in total. The third-order valence-electron chi connectivity index (χ3n) is 3.56. The molecular formula is C12H26N2O2S. The van der Waals surface area contributed by atoms with Gasteiger partial charge in [0.1, 0.15) is 0 Å².